The normalized spacial score (nSPS) is 11.5. The summed E-state index contributed by atoms with van der Waals surface area (Å²) >= 11 is 1.61. The molecule has 2 aromatic rings. The lowest BCUT2D eigenvalue weighted by atomic mass is 10.1. The van der Waals surface area contributed by atoms with E-state index in [0.29, 0.717) is 6.42 Å². The lowest BCUT2D eigenvalue weighted by molar-refractivity contribution is 0.576. The van der Waals surface area contributed by atoms with Crippen LogP contribution >= 0.6 is 11.8 Å². The molecule has 0 atom stereocenters. The molecule has 0 aliphatic carbocycles. The zero-order valence-corrected chi connectivity index (χ0v) is 17.8. The number of hydrogen-bond donors (Lipinski definition) is 2. The predicted octanol–water partition coefficient (Wildman–Crippen LogP) is 5.75. The Balaban J connectivity index is 1.90. The molecule has 6 heteroatoms. The van der Waals surface area contributed by atoms with Gasteiger partial charge in [0.25, 0.3) is 0 Å². The van der Waals surface area contributed by atoms with Crippen molar-refractivity contribution in [1.82, 2.24) is 4.83 Å². The third kappa shape index (κ3) is 8.37. The molecule has 2 N–H and O–H groups in total. The fourth-order valence-corrected chi connectivity index (χ4v) is 4.66. The Morgan fingerprint density at radius 3 is 2.37 bits per heavy atom. The summed E-state index contributed by atoms with van der Waals surface area (Å²) in [5.74, 6) is 0.152. The second kappa shape index (κ2) is 11.4. The largest absolute Gasteiger partial charge is 0.307 e. The smallest absolute Gasteiger partial charge is 0.228 e. The Kier molecular flexibility index (Phi) is 9.18. The van der Waals surface area contributed by atoms with Crippen LogP contribution in [0.3, 0.4) is 0 Å². The van der Waals surface area contributed by atoms with Crippen molar-refractivity contribution >= 4 is 27.5 Å². The number of benzene rings is 2. The van der Waals surface area contributed by atoms with Crippen molar-refractivity contribution in [3.63, 3.8) is 0 Å². The third-order valence-corrected chi connectivity index (χ3v) is 6.52. The average molecular weight is 407 g/mol. The lowest BCUT2D eigenvalue weighted by Gasteiger charge is -2.14. The van der Waals surface area contributed by atoms with Crippen molar-refractivity contribution in [3.05, 3.63) is 54.1 Å². The van der Waals surface area contributed by atoms with Crippen LogP contribution < -0.4 is 10.3 Å². The minimum atomic E-state index is -3.34. The first kappa shape index (κ1) is 21.8. The molecule has 27 heavy (non-hydrogen) atoms. The number of aryl methyl sites for hydroxylation is 1. The van der Waals surface area contributed by atoms with Crippen molar-refractivity contribution in [1.29, 1.82) is 0 Å². The van der Waals surface area contributed by atoms with Gasteiger partial charge in [-0.1, -0.05) is 75.1 Å². The SMILES string of the molecule is CCCCCCCCS(=O)(=O)NNc1ccc(C)cc1Sc1ccccc1. The van der Waals surface area contributed by atoms with Crippen LogP contribution in [0, 0.1) is 6.92 Å². The zero-order valence-electron chi connectivity index (χ0n) is 16.2. The molecular formula is C21H30N2O2S2. The van der Waals surface area contributed by atoms with Crippen molar-refractivity contribution in [2.45, 2.75) is 62.2 Å². The second-order valence-electron chi connectivity index (χ2n) is 6.73. The molecule has 0 spiro atoms. The molecule has 0 bridgehead atoms. The third-order valence-electron chi connectivity index (χ3n) is 4.22. The van der Waals surface area contributed by atoms with Gasteiger partial charge < -0.3 is 5.43 Å². The average Bonchev–Trinajstić information content (AvgIpc) is 2.65. The lowest BCUT2D eigenvalue weighted by Crippen LogP contribution is -2.31. The van der Waals surface area contributed by atoms with E-state index in [4.69, 9.17) is 0 Å². The van der Waals surface area contributed by atoms with E-state index in [-0.39, 0.29) is 5.75 Å². The Bertz CT molecular complexity index is 793. The Morgan fingerprint density at radius 2 is 1.63 bits per heavy atom. The molecule has 4 nitrogen and oxygen atoms in total. The number of unbranched alkanes of at least 4 members (excludes halogenated alkanes) is 5. The van der Waals surface area contributed by atoms with E-state index in [0.717, 1.165) is 33.9 Å². The van der Waals surface area contributed by atoms with Gasteiger partial charge in [-0.25, -0.2) is 8.42 Å². The highest BCUT2D eigenvalue weighted by Crippen LogP contribution is 2.33. The number of rotatable bonds is 12. The van der Waals surface area contributed by atoms with Crippen LogP contribution in [0.15, 0.2) is 58.3 Å². The molecule has 0 amide bonds. The maximum Gasteiger partial charge on any atom is 0.228 e. The van der Waals surface area contributed by atoms with Gasteiger partial charge in [0.1, 0.15) is 0 Å². The minimum Gasteiger partial charge on any atom is -0.307 e. The van der Waals surface area contributed by atoms with Gasteiger partial charge in [0, 0.05) is 9.79 Å². The molecule has 0 aromatic heterocycles. The number of sulfonamides is 1. The van der Waals surface area contributed by atoms with E-state index >= 15 is 0 Å². The van der Waals surface area contributed by atoms with Crippen molar-refractivity contribution in [2.24, 2.45) is 0 Å². The second-order valence-corrected chi connectivity index (χ2v) is 9.69. The first-order valence-corrected chi connectivity index (χ1v) is 12.1. The van der Waals surface area contributed by atoms with E-state index < -0.39 is 10.0 Å². The summed E-state index contributed by atoms with van der Waals surface area (Å²) in [5.41, 5.74) is 4.80. The van der Waals surface area contributed by atoms with E-state index in [9.17, 15) is 8.42 Å². The topological polar surface area (TPSA) is 58.2 Å². The van der Waals surface area contributed by atoms with Crippen LogP contribution in [0.25, 0.3) is 0 Å². The molecule has 0 heterocycles. The molecule has 148 valence electrons. The van der Waals surface area contributed by atoms with Crippen LogP contribution in [0.2, 0.25) is 0 Å². The van der Waals surface area contributed by atoms with E-state index in [1.807, 2.05) is 49.4 Å². The van der Waals surface area contributed by atoms with Crippen LogP contribution in [0.1, 0.15) is 51.0 Å². The van der Waals surface area contributed by atoms with Gasteiger partial charge in [-0.2, -0.15) is 0 Å². The van der Waals surface area contributed by atoms with Gasteiger partial charge >= 0.3 is 0 Å². The molecule has 2 rings (SSSR count). The maximum absolute atomic E-state index is 12.2. The maximum atomic E-state index is 12.2. The standard InChI is InChI=1S/C21H30N2O2S2/c1-3-4-5-6-7-11-16-27(24,25)23-22-20-15-14-18(2)17-21(20)26-19-12-9-8-10-13-19/h8-10,12-15,17,22-23H,3-7,11,16H2,1-2H3. The molecular weight excluding hydrogens is 376 g/mol. The predicted molar refractivity (Wildman–Crippen MR) is 116 cm³/mol. The Hall–Kier alpha value is -1.50. The molecule has 0 fully saturated rings. The summed E-state index contributed by atoms with van der Waals surface area (Å²) < 4.78 is 24.5. The highest BCUT2D eigenvalue weighted by molar-refractivity contribution is 7.99. The summed E-state index contributed by atoms with van der Waals surface area (Å²) in [4.78, 5) is 4.63. The monoisotopic (exact) mass is 406 g/mol. The fourth-order valence-electron chi connectivity index (χ4n) is 2.69. The zero-order chi connectivity index (χ0) is 19.5. The van der Waals surface area contributed by atoms with Gasteiger partial charge in [-0.05, 0) is 43.2 Å². The summed E-state index contributed by atoms with van der Waals surface area (Å²) in [5, 5.41) is 0. The molecule has 0 aliphatic heterocycles. The highest BCUT2D eigenvalue weighted by atomic mass is 32.2. The minimum absolute atomic E-state index is 0.152. The molecule has 0 saturated carbocycles. The summed E-state index contributed by atoms with van der Waals surface area (Å²) in [6.07, 6.45) is 6.37. The van der Waals surface area contributed by atoms with Gasteiger partial charge in [0.2, 0.25) is 10.0 Å². The summed E-state index contributed by atoms with van der Waals surface area (Å²) in [6, 6.07) is 16.0. The van der Waals surface area contributed by atoms with Gasteiger partial charge in [0.05, 0.1) is 11.4 Å². The Morgan fingerprint density at radius 1 is 0.926 bits per heavy atom. The van der Waals surface area contributed by atoms with E-state index in [1.165, 1.54) is 19.3 Å². The van der Waals surface area contributed by atoms with Gasteiger partial charge in [-0.3, -0.25) is 0 Å². The number of anilines is 1. The fraction of sp³-hybridized carbons (Fsp3) is 0.429. The molecule has 0 aliphatic rings. The van der Waals surface area contributed by atoms with Gasteiger partial charge in [0.15, 0.2) is 0 Å². The molecule has 0 unspecified atom stereocenters. The number of hydrogen-bond acceptors (Lipinski definition) is 4. The quantitative estimate of drug-likeness (QED) is 0.348. The first-order chi connectivity index (χ1) is 13.0. The highest BCUT2D eigenvalue weighted by Gasteiger charge is 2.11. The number of hydrazine groups is 1. The first-order valence-electron chi connectivity index (χ1n) is 9.59. The Labute approximate surface area is 168 Å². The number of nitrogens with one attached hydrogen (secondary N) is 2. The molecule has 0 radical (unpaired) electrons. The summed E-state index contributed by atoms with van der Waals surface area (Å²) in [7, 11) is -3.34. The van der Waals surface area contributed by atoms with Crippen molar-refractivity contribution < 1.29 is 8.42 Å². The molecule has 2 aromatic carbocycles. The van der Waals surface area contributed by atoms with E-state index in [2.05, 4.69) is 23.2 Å². The van der Waals surface area contributed by atoms with Crippen molar-refractivity contribution in [3.8, 4) is 0 Å². The van der Waals surface area contributed by atoms with Crippen molar-refractivity contribution in [2.75, 3.05) is 11.2 Å². The van der Waals surface area contributed by atoms with Crippen LogP contribution in [0.4, 0.5) is 5.69 Å². The summed E-state index contributed by atoms with van der Waals surface area (Å²) in [6.45, 7) is 4.21. The van der Waals surface area contributed by atoms with Crippen LogP contribution in [-0.4, -0.2) is 14.2 Å². The van der Waals surface area contributed by atoms with Gasteiger partial charge in [-0.15, -0.1) is 4.83 Å². The molecule has 0 saturated heterocycles. The van der Waals surface area contributed by atoms with Crippen LogP contribution in [-0.2, 0) is 10.0 Å². The van der Waals surface area contributed by atoms with E-state index in [1.54, 1.807) is 11.8 Å². The van der Waals surface area contributed by atoms with Crippen LogP contribution in [0.5, 0.6) is 0 Å².